The number of anilines is 1. The number of hydrogen-bond donors (Lipinski definition) is 1. The second-order valence-electron chi connectivity index (χ2n) is 7.05. The van der Waals surface area contributed by atoms with Gasteiger partial charge in [0.1, 0.15) is 5.75 Å². The van der Waals surface area contributed by atoms with E-state index in [2.05, 4.69) is 26.1 Å². The summed E-state index contributed by atoms with van der Waals surface area (Å²) < 4.78 is 5.62. The summed E-state index contributed by atoms with van der Waals surface area (Å²) in [6.45, 7) is 8.44. The van der Waals surface area contributed by atoms with E-state index in [0.717, 1.165) is 44.5 Å². The smallest absolute Gasteiger partial charge is 0.255 e. The molecule has 0 aliphatic heterocycles. The summed E-state index contributed by atoms with van der Waals surface area (Å²) in [5.41, 5.74) is 1.86. The first kappa shape index (κ1) is 22.5. The third-order valence-corrected chi connectivity index (χ3v) is 4.55. The van der Waals surface area contributed by atoms with E-state index in [-0.39, 0.29) is 11.8 Å². The Morgan fingerprint density at radius 3 is 1.97 bits per heavy atom. The fourth-order valence-electron chi connectivity index (χ4n) is 2.97. The van der Waals surface area contributed by atoms with Gasteiger partial charge in [0.05, 0.1) is 6.61 Å². The molecule has 0 saturated heterocycles. The largest absolute Gasteiger partial charge is 0.494 e. The highest BCUT2D eigenvalue weighted by atomic mass is 16.5. The van der Waals surface area contributed by atoms with Crippen LogP contribution in [0.5, 0.6) is 5.75 Å². The lowest BCUT2D eigenvalue weighted by Crippen LogP contribution is -2.32. The first-order valence-electron chi connectivity index (χ1n) is 10.5. The molecule has 0 bridgehead atoms. The second-order valence-corrected chi connectivity index (χ2v) is 7.05. The average Bonchev–Trinajstić information content (AvgIpc) is 2.74. The number of rotatable bonds is 11. The van der Waals surface area contributed by atoms with Gasteiger partial charge in [0, 0.05) is 29.9 Å². The summed E-state index contributed by atoms with van der Waals surface area (Å²) in [6, 6.07) is 14.2. The number of amides is 2. The number of nitrogens with one attached hydrogen (secondary N) is 1. The van der Waals surface area contributed by atoms with Crippen molar-refractivity contribution >= 4 is 17.5 Å². The summed E-state index contributed by atoms with van der Waals surface area (Å²) in [5.74, 6) is 0.606. The van der Waals surface area contributed by atoms with E-state index < -0.39 is 0 Å². The van der Waals surface area contributed by atoms with Crippen LogP contribution < -0.4 is 10.1 Å². The lowest BCUT2D eigenvalue weighted by molar-refractivity contribution is 0.0755. The number of carbonyl (C=O) groups is 2. The van der Waals surface area contributed by atoms with Crippen molar-refractivity contribution in [2.75, 3.05) is 25.0 Å². The van der Waals surface area contributed by atoms with Gasteiger partial charge in [-0.2, -0.15) is 0 Å². The van der Waals surface area contributed by atoms with Crippen molar-refractivity contribution < 1.29 is 14.3 Å². The molecule has 2 aromatic rings. The molecule has 0 unspecified atom stereocenters. The summed E-state index contributed by atoms with van der Waals surface area (Å²) in [5, 5.41) is 2.87. The van der Waals surface area contributed by atoms with Gasteiger partial charge in [-0.3, -0.25) is 9.59 Å². The number of unbranched alkanes of at least 4 members (excludes halogenated alkanes) is 1. The molecule has 0 aliphatic carbocycles. The molecule has 2 aromatic carbocycles. The van der Waals surface area contributed by atoms with Crippen LogP contribution in [0.4, 0.5) is 5.69 Å². The lowest BCUT2D eigenvalue weighted by Gasteiger charge is -2.21. The van der Waals surface area contributed by atoms with Crippen LogP contribution >= 0.6 is 0 Å². The normalized spacial score (nSPS) is 10.4. The Labute approximate surface area is 174 Å². The topological polar surface area (TPSA) is 58.6 Å². The van der Waals surface area contributed by atoms with Crippen molar-refractivity contribution in [2.45, 2.75) is 46.5 Å². The summed E-state index contributed by atoms with van der Waals surface area (Å²) >= 11 is 0. The molecule has 0 fully saturated rings. The third kappa shape index (κ3) is 6.93. The van der Waals surface area contributed by atoms with Crippen LogP contribution in [-0.2, 0) is 0 Å². The van der Waals surface area contributed by atoms with E-state index >= 15 is 0 Å². The monoisotopic (exact) mass is 396 g/mol. The van der Waals surface area contributed by atoms with Crippen molar-refractivity contribution in [3.63, 3.8) is 0 Å². The Bertz CT molecular complexity index is 764. The van der Waals surface area contributed by atoms with Crippen molar-refractivity contribution in [3.8, 4) is 5.75 Å². The van der Waals surface area contributed by atoms with E-state index in [1.165, 1.54) is 0 Å². The van der Waals surface area contributed by atoms with E-state index in [9.17, 15) is 9.59 Å². The molecule has 5 heteroatoms. The highest BCUT2D eigenvalue weighted by Gasteiger charge is 2.14. The van der Waals surface area contributed by atoms with Gasteiger partial charge in [-0.15, -0.1) is 0 Å². The Morgan fingerprint density at radius 1 is 0.828 bits per heavy atom. The van der Waals surface area contributed by atoms with Gasteiger partial charge in [0.25, 0.3) is 11.8 Å². The molecule has 0 radical (unpaired) electrons. The summed E-state index contributed by atoms with van der Waals surface area (Å²) in [4.78, 5) is 27.0. The van der Waals surface area contributed by atoms with E-state index in [1.54, 1.807) is 36.4 Å². The molecule has 1 N–H and O–H groups in total. The van der Waals surface area contributed by atoms with Gasteiger partial charge in [0.2, 0.25) is 0 Å². The zero-order valence-electron chi connectivity index (χ0n) is 17.7. The summed E-state index contributed by atoms with van der Waals surface area (Å²) in [6.07, 6.45) is 3.96. The molecule has 0 aromatic heterocycles. The van der Waals surface area contributed by atoms with Gasteiger partial charge in [-0.1, -0.05) is 27.2 Å². The van der Waals surface area contributed by atoms with Crippen molar-refractivity contribution in [2.24, 2.45) is 0 Å². The molecular weight excluding hydrogens is 364 g/mol. The molecule has 0 aliphatic rings. The molecule has 0 spiro atoms. The second kappa shape index (κ2) is 11.9. The Balaban J connectivity index is 1.96. The molecule has 29 heavy (non-hydrogen) atoms. The first-order chi connectivity index (χ1) is 14.1. The Hall–Kier alpha value is -2.82. The van der Waals surface area contributed by atoms with E-state index in [4.69, 9.17) is 4.74 Å². The zero-order valence-corrected chi connectivity index (χ0v) is 17.7. The lowest BCUT2D eigenvalue weighted by atomic mass is 10.1. The molecule has 0 atom stereocenters. The highest BCUT2D eigenvalue weighted by molar-refractivity contribution is 6.04. The third-order valence-electron chi connectivity index (χ3n) is 4.55. The van der Waals surface area contributed by atoms with Gasteiger partial charge in [-0.25, -0.2) is 0 Å². The molecular formula is C24H32N2O3. The van der Waals surface area contributed by atoms with Crippen LogP contribution in [0.15, 0.2) is 48.5 Å². The summed E-state index contributed by atoms with van der Waals surface area (Å²) in [7, 11) is 0. The number of ether oxygens (including phenoxy) is 1. The van der Waals surface area contributed by atoms with Crippen molar-refractivity contribution in [1.82, 2.24) is 4.90 Å². The van der Waals surface area contributed by atoms with Crippen molar-refractivity contribution in [3.05, 3.63) is 59.7 Å². The molecule has 0 heterocycles. The van der Waals surface area contributed by atoms with Crippen LogP contribution in [0, 0.1) is 0 Å². The first-order valence-corrected chi connectivity index (χ1v) is 10.5. The highest BCUT2D eigenvalue weighted by Crippen LogP contribution is 2.16. The number of carbonyl (C=O) groups excluding carboxylic acids is 2. The molecule has 2 amide bonds. The zero-order chi connectivity index (χ0) is 21.1. The maximum atomic E-state index is 12.6. The molecule has 2 rings (SSSR count). The fourth-order valence-corrected chi connectivity index (χ4v) is 2.97. The van der Waals surface area contributed by atoms with Crippen LogP contribution in [0.3, 0.4) is 0 Å². The van der Waals surface area contributed by atoms with Crippen LogP contribution in [0.25, 0.3) is 0 Å². The van der Waals surface area contributed by atoms with Gasteiger partial charge >= 0.3 is 0 Å². The van der Waals surface area contributed by atoms with Crippen molar-refractivity contribution in [1.29, 1.82) is 0 Å². The predicted octanol–water partition coefficient (Wildman–Crippen LogP) is 5.38. The number of hydrogen-bond acceptors (Lipinski definition) is 3. The maximum Gasteiger partial charge on any atom is 0.255 e. The number of nitrogens with zero attached hydrogens (tertiary/aromatic N) is 1. The van der Waals surface area contributed by atoms with E-state index in [1.807, 2.05) is 17.0 Å². The quantitative estimate of drug-likeness (QED) is 0.519. The van der Waals surface area contributed by atoms with Crippen LogP contribution in [0.1, 0.15) is 67.2 Å². The van der Waals surface area contributed by atoms with Gasteiger partial charge in [0.15, 0.2) is 0 Å². The van der Waals surface area contributed by atoms with Gasteiger partial charge < -0.3 is 15.0 Å². The standard InChI is InChI=1S/C24H32N2O3/c1-4-7-18-29-22-14-10-19(11-15-22)23(27)25-21-12-8-20(9-13-21)24(28)26(16-5-2)17-6-3/h8-15H,4-7,16-18H2,1-3H3,(H,25,27). The minimum atomic E-state index is -0.192. The molecule has 156 valence electrons. The van der Waals surface area contributed by atoms with Crippen LogP contribution in [-0.4, -0.2) is 36.4 Å². The minimum Gasteiger partial charge on any atom is -0.494 e. The Morgan fingerprint density at radius 2 is 1.41 bits per heavy atom. The number of benzene rings is 2. The predicted molar refractivity (Wildman–Crippen MR) is 118 cm³/mol. The van der Waals surface area contributed by atoms with E-state index in [0.29, 0.717) is 23.4 Å². The van der Waals surface area contributed by atoms with Crippen LogP contribution in [0.2, 0.25) is 0 Å². The maximum absolute atomic E-state index is 12.6. The minimum absolute atomic E-state index is 0.0326. The molecule has 5 nitrogen and oxygen atoms in total. The molecule has 0 saturated carbocycles. The average molecular weight is 397 g/mol. The SMILES string of the molecule is CCCCOc1ccc(C(=O)Nc2ccc(C(=O)N(CCC)CCC)cc2)cc1. The Kier molecular flexibility index (Phi) is 9.22. The van der Waals surface area contributed by atoms with Gasteiger partial charge in [-0.05, 0) is 67.8 Å². The fraction of sp³-hybridized carbons (Fsp3) is 0.417.